The molecule has 0 unspecified atom stereocenters. The summed E-state index contributed by atoms with van der Waals surface area (Å²) in [6, 6.07) is 11.7. The number of hydrogen-bond acceptors (Lipinski definition) is 3. The number of alkyl halides is 2. The molecule has 3 nitrogen and oxygen atoms in total. The Balaban J connectivity index is 2.18. The molecule has 2 aromatic rings. The lowest BCUT2D eigenvalue weighted by atomic mass is 10.1. The molecule has 0 N–H and O–H groups in total. The van der Waals surface area contributed by atoms with E-state index >= 15 is 0 Å². The van der Waals surface area contributed by atoms with Crippen LogP contribution in [0.2, 0.25) is 0 Å². The van der Waals surface area contributed by atoms with Gasteiger partial charge in [0.25, 0.3) is 6.43 Å². The van der Waals surface area contributed by atoms with Gasteiger partial charge in [0, 0.05) is 12.0 Å². The molecular weight excluding hydrogens is 314 g/mol. The van der Waals surface area contributed by atoms with E-state index in [1.54, 1.807) is 43.3 Å². The van der Waals surface area contributed by atoms with Gasteiger partial charge < -0.3 is 9.47 Å². The second-order valence-electron chi connectivity index (χ2n) is 5.25. The van der Waals surface area contributed by atoms with Crippen LogP contribution in [0.3, 0.4) is 0 Å². The average Bonchev–Trinajstić information content (AvgIpc) is 2.60. The van der Waals surface area contributed by atoms with Crippen molar-refractivity contribution in [2.45, 2.75) is 39.7 Å². The van der Waals surface area contributed by atoms with Crippen molar-refractivity contribution in [2.24, 2.45) is 0 Å². The van der Waals surface area contributed by atoms with E-state index < -0.39 is 6.43 Å². The first kappa shape index (κ1) is 17.9. The molecule has 0 saturated heterocycles. The molecule has 0 bridgehead atoms. The zero-order chi connectivity index (χ0) is 17.5. The zero-order valence-corrected chi connectivity index (χ0v) is 13.7. The van der Waals surface area contributed by atoms with Crippen LogP contribution in [0.25, 0.3) is 0 Å². The van der Waals surface area contributed by atoms with Crippen LogP contribution in [0.1, 0.15) is 43.4 Å². The second-order valence-corrected chi connectivity index (χ2v) is 5.25. The van der Waals surface area contributed by atoms with Crippen molar-refractivity contribution in [1.29, 1.82) is 0 Å². The Kier molecular flexibility index (Phi) is 6.29. The number of aryl methyl sites for hydroxylation is 1. The number of halogens is 2. The summed E-state index contributed by atoms with van der Waals surface area (Å²) in [6.07, 6.45) is -1.68. The van der Waals surface area contributed by atoms with Crippen LogP contribution < -0.4 is 9.47 Å². The summed E-state index contributed by atoms with van der Waals surface area (Å²) >= 11 is 0. The van der Waals surface area contributed by atoms with Crippen LogP contribution in [0.4, 0.5) is 8.78 Å². The summed E-state index contributed by atoms with van der Waals surface area (Å²) in [6.45, 7) is 3.65. The van der Waals surface area contributed by atoms with E-state index in [0.29, 0.717) is 17.7 Å². The van der Waals surface area contributed by atoms with Gasteiger partial charge in [-0.2, -0.15) is 0 Å². The van der Waals surface area contributed by atoms with Gasteiger partial charge >= 0.3 is 5.97 Å². The molecule has 0 radical (unpaired) electrons. The molecule has 2 rings (SSSR count). The Morgan fingerprint density at radius 3 is 2.50 bits per heavy atom. The van der Waals surface area contributed by atoms with Crippen molar-refractivity contribution < 1.29 is 23.0 Å². The fourth-order valence-electron chi connectivity index (χ4n) is 2.19. The predicted octanol–water partition coefficient (Wildman–Crippen LogP) is 5.08. The molecule has 0 spiro atoms. The molecule has 2 aromatic carbocycles. The third-order valence-corrected chi connectivity index (χ3v) is 3.59. The monoisotopic (exact) mass is 334 g/mol. The lowest BCUT2D eigenvalue weighted by molar-refractivity contribution is -0.134. The Morgan fingerprint density at radius 2 is 1.83 bits per heavy atom. The topological polar surface area (TPSA) is 35.5 Å². The summed E-state index contributed by atoms with van der Waals surface area (Å²) < 4.78 is 37.2. The van der Waals surface area contributed by atoms with Gasteiger partial charge in [0.2, 0.25) is 0 Å². The first-order chi connectivity index (χ1) is 11.5. The van der Waals surface area contributed by atoms with Gasteiger partial charge in [-0.05, 0) is 30.2 Å². The zero-order valence-electron chi connectivity index (χ0n) is 13.7. The van der Waals surface area contributed by atoms with E-state index in [-0.39, 0.29) is 30.3 Å². The third kappa shape index (κ3) is 4.54. The number of rotatable bonds is 7. The van der Waals surface area contributed by atoms with Gasteiger partial charge in [0.1, 0.15) is 18.1 Å². The fraction of sp³-hybridized carbons (Fsp3) is 0.316. The smallest absolute Gasteiger partial charge is 0.310 e. The maximum atomic E-state index is 13.2. The van der Waals surface area contributed by atoms with Crippen LogP contribution in [0.5, 0.6) is 11.5 Å². The van der Waals surface area contributed by atoms with Crippen molar-refractivity contribution in [1.82, 2.24) is 0 Å². The van der Waals surface area contributed by atoms with Crippen LogP contribution in [-0.4, -0.2) is 5.97 Å². The number of benzene rings is 2. The molecule has 0 saturated carbocycles. The largest absolute Gasteiger partial charge is 0.488 e. The van der Waals surface area contributed by atoms with Gasteiger partial charge in [-0.3, -0.25) is 4.79 Å². The van der Waals surface area contributed by atoms with E-state index in [2.05, 4.69) is 0 Å². The first-order valence-electron chi connectivity index (χ1n) is 7.87. The highest BCUT2D eigenvalue weighted by molar-refractivity contribution is 5.72. The minimum absolute atomic E-state index is 0.0400. The number of esters is 1. The SMILES string of the molecule is CCC(=O)Oc1ccccc1COc1ccc(CC)cc1C(F)F. The third-order valence-electron chi connectivity index (χ3n) is 3.59. The minimum atomic E-state index is -2.61. The molecule has 0 aliphatic heterocycles. The molecule has 128 valence electrons. The van der Waals surface area contributed by atoms with Crippen molar-refractivity contribution in [3.8, 4) is 11.5 Å². The van der Waals surface area contributed by atoms with Crippen LogP contribution in [0, 0.1) is 0 Å². The fourth-order valence-corrected chi connectivity index (χ4v) is 2.19. The average molecular weight is 334 g/mol. The molecule has 0 heterocycles. The first-order valence-corrected chi connectivity index (χ1v) is 7.87. The molecule has 0 aliphatic rings. The van der Waals surface area contributed by atoms with Crippen LogP contribution in [-0.2, 0) is 17.8 Å². The standard InChI is InChI=1S/C19H20F2O3/c1-3-13-9-10-17(15(11-13)19(20)21)23-12-14-7-5-6-8-16(14)24-18(22)4-2/h5-11,19H,3-4,12H2,1-2H3. The van der Waals surface area contributed by atoms with E-state index in [1.165, 1.54) is 6.07 Å². The molecule has 0 fully saturated rings. The summed E-state index contributed by atoms with van der Waals surface area (Å²) in [5.41, 5.74) is 1.33. The maximum Gasteiger partial charge on any atom is 0.310 e. The highest BCUT2D eigenvalue weighted by Crippen LogP contribution is 2.31. The number of carbonyl (C=O) groups excluding carboxylic acids is 1. The van der Waals surface area contributed by atoms with Gasteiger partial charge in [-0.15, -0.1) is 0 Å². The van der Waals surface area contributed by atoms with Crippen molar-refractivity contribution in [3.05, 3.63) is 59.2 Å². The summed E-state index contributed by atoms with van der Waals surface area (Å²) in [7, 11) is 0. The molecule has 5 heteroatoms. The van der Waals surface area contributed by atoms with E-state index in [4.69, 9.17) is 9.47 Å². The molecule has 0 aromatic heterocycles. The van der Waals surface area contributed by atoms with Crippen LogP contribution in [0.15, 0.2) is 42.5 Å². The molecule has 0 amide bonds. The van der Waals surface area contributed by atoms with E-state index in [0.717, 1.165) is 5.56 Å². The number of ether oxygens (including phenoxy) is 2. The van der Waals surface area contributed by atoms with Crippen molar-refractivity contribution >= 4 is 5.97 Å². The van der Waals surface area contributed by atoms with Crippen molar-refractivity contribution in [2.75, 3.05) is 0 Å². The van der Waals surface area contributed by atoms with E-state index in [9.17, 15) is 13.6 Å². The Bertz CT molecular complexity index is 699. The summed E-state index contributed by atoms with van der Waals surface area (Å²) in [5, 5.41) is 0. The lowest BCUT2D eigenvalue weighted by Crippen LogP contribution is -2.08. The molecule has 0 atom stereocenters. The molecule has 0 aliphatic carbocycles. The Morgan fingerprint density at radius 1 is 1.08 bits per heavy atom. The Hall–Kier alpha value is -2.43. The number of carbonyl (C=O) groups is 1. The van der Waals surface area contributed by atoms with Gasteiger partial charge in [-0.1, -0.05) is 38.1 Å². The quantitative estimate of drug-likeness (QED) is 0.523. The van der Waals surface area contributed by atoms with Crippen molar-refractivity contribution in [3.63, 3.8) is 0 Å². The maximum absolute atomic E-state index is 13.2. The van der Waals surface area contributed by atoms with Crippen LogP contribution >= 0.6 is 0 Å². The van der Waals surface area contributed by atoms with Gasteiger partial charge in [-0.25, -0.2) is 8.78 Å². The highest BCUT2D eigenvalue weighted by atomic mass is 19.3. The molecular formula is C19H20F2O3. The Labute approximate surface area is 140 Å². The predicted molar refractivity (Wildman–Crippen MR) is 87.5 cm³/mol. The minimum Gasteiger partial charge on any atom is -0.488 e. The normalized spacial score (nSPS) is 10.7. The lowest BCUT2D eigenvalue weighted by Gasteiger charge is -2.14. The molecule has 24 heavy (non-hydrogen) atoms. The van der Waals surface area contributed by atoms with Gasteiger partial charge in [0.05, 0.1) is 5.56 Å². The summed E-state index contributed by atoms with van der Waals surface area (Å²) in [4.78, 5) is 11.5. The van der Waals surface area contributed by atoms with Gasteiger partial charge in [0.15, 0.2) is 0 Å². The van der Waals surface area contributed by atoms with E-state index in [1.807, 2.05) is 6.92 Å². The highest BCUT2D eigenvalue weighted by Gasteiger charge is 2.16. The number of hydrogen-bond donors (Lipinski definition) is 0. The summed E-state index contributed by atoms with van der Waals surface area (Å²) in [5.74, 6) is 0.162. The number of para-hydroxylation sites is 1. The second kappa shape index (κ2) is 8.43.